The van der Waals surface area contributed by atoms with Crippen molar-refractivity contribution >= 4 is 33.0 Å². The molecule has 0 aliphatic carbocycles. The largest absolute Gasteiger partial charge is 0.378 e. The summed E-state index contributed by atoms with van der Waals surface area (Å²) in [6.45, 7) is -0.0174. The van der Waals surface area contributed by atoms with Gasteiger partial charge in [0.1, 0.15) is 17.5 Å². The van der Waals surface area contributed by atoms with Gasteiger partial charge < -0.3 is 9.72 Å². The number of benzene rings is 2. The van der Waals surface area contributed by atoms with Gasteiger partial charge in [-0.05, 0) is 35.4 Å². The van der Waals surface area contributed by atoms with E-state index in [0.29, 0.717) is 11.1 Å². The van der Waals surface area contributed by atoms with E-state index in [2.05, 4.69) is 9.97 Å². The normalized spacial score (nSPS) is 12.0. The molecule has 0 fully saturated rings. The van der Waals surface area contributed by atoms with Gasteiger partial charge in [0, 0.05) is 13.4 Å². The van der Waals surface area contributed by atoms with E-state index in [1.54, 1.807) is 0 Å². The zero-order chi connectivity index (χ0) is 21.3. The van der Waals surface area contributed by atoms with E-state index in [-0.39, 0.29) is 33.2 Å². The van der Waals surface area contributed by atoms with E-state index in [1.807, 2.05) is 0 Å². The number of methoxy groups -OCH3 is 1. The van der Waals surface area contributed by atoms with Crippen LogP contribution in [0.5, 0.6) is 0 Å². The molecule has 0 saturated heterocycles. The Kier molecular flexibility index (Phi) is 6.28. The number of hydrogen-bond donors (Lipinski definition) is 1. The van der Waals surface area contributed by atoms with Crippen molar-refractivity contribution in [2.75, 3.05) is 13.4 Å². The number of nitrogens with one attached hydrogen (secondary N) is 1. The molecule has 1 N–H and O–H groups in total. The Bertz CT molecular complexity index is 1110. The lowest BCUT2D eigenvalue weighted by atomic mass is 9.90. The maximum atomic E-state index is 13.7. The maximum absolute atomic E-state index is 13.7. The summed E-state index contributed by atoms with van der Waals surface area (Å²) < 4.78 is 56.7. The summed E-state index contributed by atoms with van der Waals surface area (Å²) in [6, 6.07) is 8.15. The van der Waals surface area contributed by atoms with Crippen LogP contribution in [0.25, 0.3) is 0 Å². The van der Waals surface area contributed by atoms with Gasteiger partial charge in [-0.2, -0.15) is 0 Å². The van der Waals surface area contributed by atoms with Crippen molar-refractivity contribution < 1.29 is 21.9 Å². The summed E-state index contributed by atoms with van der Waals surface area (Å²) in [5, 5.41) is -0.402. The molecule has 2 aromatic carbocycles. The molecule has 0 aliphatic heterocycles. The highest BCUT2D eigenvalue weighted by atomic mass is 35.5. The molecule has 1 aromatic heterocycles. The topological polar surface area (TPSA) is 72.0 Å². The van der Waals surface area contributed by atoms with Crippen LogP contribution in [-0.2, 0) is 21.2 Å². The van der Waals surface area contributed by atoms with Gasteiger partial charge >= 0.3 is 0 Å². The monoisotopic (exact) mass is 460 g/mol. The third-order valence-corrected chi connectivity index (χ3v) is 5.85. The van der Waals surface area contributed by atoms with E-state index < -0.39 is 27.4 Å². The molecule has 3 rings (SSSR count). The van der Waals surface area contributed by atoms with Gasteiger partial charge in [0.2, 0.25) is 0 Å². The Labute approximate surface area is 176 Å². The molecule has 154 valence electrons. The van der Waals surface area contributed by atoms with Crippen LogP contribution in [0, 0.1) is 11.6 Å². The molecule has 10 heteroatoms. The molecule has 0 spiro atoms. The summed E-state index contributed by atoms with van der Waals surface area (Å²) in [5.41, 5.74) is 1.28. The number of aromatic nitrogens is 2. The number of hydrogen-bond acceptors (Lipinski definition) is 4. The van der Waals surface area contributed by atoms with Crippen LogP contribution in [0.3, 0.4) is 0 Å². The first-order chi connectivity index (χ1) is 13.6. The second kappa shape index (κ2) is 8.39. The van der Waals surface area contributed by atoms with Crippen molar-refractivity contribution in [1.29, 1.82) is 0 Å². The average molecular weight is 461 g/mol. The molecule has 0 aliphatic rings. The number of sulfone groups is 1. The first kappa shape index (κ1) is 21.7. The summed E-state index contributed by atoms with van der Waals surface area (Å²) in [4.78, 5) is 7.23. The molecule has 0 unspecified atom stereocenters. The molecule has 5 nitrogen and oxygen atoms in total. The predicted molar refractivity (Wildman–Crippen MR) is 106 cm³/mol. The molecule has 1 heterocycles. The molecule has 0 amide bonds. The highest BCUT2D eigenvalue weighted by Gasteiger charge is 2.27. The number of nitrogens with zero attached hydrogens (tertiary/aromatic N) is 1. The lowest BCUT2D eigenvalue weighted by Crippen LogP contribution is -2.07. The zero-order valence-corrected chi connectivity index (χ0v) is 17.7. The van der Waals surface area contributed by atoms with E-state index in [9.17, 15) is 17.2 Å². The molecule has 29 heavy (non-hydrogen) atoms. The molecule has 0 atom stereocenters. The highest BCUT2D eigenvalue weighted by Crippen LogP contribution is 2.35. The Morgan fingerprint density at radius 2 is 1.59 bits per heavy atom. The third kappa shape index (κ3) is 4.61. The fraction of sp³-hybridized carbons (Fsp3) is 0.211. The summed E-state index contributed by atoms with van der Waals surface area (Å²) in [7, 11) is -2.24. The fourth-order valence-electron chi connectivity index (χ4n) is 2.99. The van der Waals surface area contributed by atoms with Crippen LogP contribution < -0.4 is 0 Å². The van der Waals surface area contributed by atoms with E-state index in [0.717, 1.165) is 6.26 Å². The van der Waals surface area contributed by atoms with Gasteiger partial charge in [0.25, 0.3) is 0 Å². The molecular weight excluding hydrogens is 445 g/mol. The van der Waals surface area contributed by atoms with E-state index in [1.165, 1.54) is 43.5 Å². The Morgan fingerprint density at radius 1 is 1.07 bits per heavy atom. The lowest BCUT2D eigenvalue weighted by molar-refractivity contribution is 0.179. The number of rotatable bonds is 6. The smallest absolute Gasteiger partial charge is 0.194 e. The second-order valence-electron chi connectivity index (χ2n) is 6.39. The van der Waals surface area contributed by atoms with Crippen molar-refractivity contribution in [3.8, 4) is 0 Å². The van der Waals surface area contributed by atoms with Gasteiger partial charge in [0.15, 0.2) is 14.9 Å². The lowest BCUT2D eigenvalue weighted by Gasteiger charge is -2.17. The predicted octanol–water partition coefficient (Wildman–Crippen LogP) is 4.72. The quantitative estimate of drug-likeness (QED) is 0.577. The van der Waals surface area contributed by atoms with Crippen molar-refractivity contribution in [2.45, 2.75) is 17.6 Å². The van der Waals surface area contributed by atoms with Crippen LogP contribution in [0.15, 0.2) is 41.4 Å². The molecule has 3 aromatic rings. The van der Waals surface area contributed by atoms with Crippen LogP contribution in [0.2, 0.25) is 10.0 Å². The van der Waals surface area contributed by atoms with E-state index >= 15 is 0 Å². The van der Waals surface area contributed by atoms with Crippen LogP contribution in [0.4, 0.5) is 8.78 Å². The number of ether oxygens (including phenoxy) is 1. The summed E-state index contributed by atoms with van der Waals surface area (Å²) >= 11 is 11.9. The number of H-pyrrole nitrogens is 1. The number of halogens is 4. The first-order valence-corrected chi connectivity index (χ1v) is 10.9. The first-order valence-electron chi connectivity index (χ1n) is 8.29. The maximum Gasteiger partial charge on any atom is 0.194 e. The summed E-state index contributed by atoms with van der Waals surface area (Å²) in [6.07, 6.45) is 1.03. The van der Waals surface area contributed by atoms with Crippen LogP contribution in [-0.4, -0.2) is 31.8 Å². The molecular formula is C19H16Cl2F2N2O3S. The molecule has 0 saturated carbocycles. The summed E-state index contributed by atoms with van der Waals surface area (Å²) in [5.74, 6) is -1.69. The van der Waals surface area contributed by atoms with Gasteiger partial charge in [0.05, 0.1) is 28.3 Å². The SMILES string of the molecule is COCc1[nH]c(C(c2ccc(F)c(Cl)c2)c2ccc(F)c(Cl)c2)nc1S(C)(=O)=O. The van der Waals surface area contributed by atoms with Crippen molar-refractivity contribution in [2.24, 2.45) is 0 Å². The molecule has 0 bridgehead atoms. The minimum Gasteiger partial charge on any atom is -0.378 e. The zero-order valence-electron chi connectivity index (χ0n) is 15.3. The van der Waals surface area contributed by atoms with Crippen molar-refractivity contribution in [3.63, 3.8) is 0 Å². The number of imidazole rings is 1. The van der Waals surface area contributed by atoms with Gasteiger partial charge in [-0.1, -0.05) is 35.3 Å². The minimum atomic E-state index is -3.66. The minimum absolute atomic E-state index is 0.0174. The molecule has 0 radical (unpaired) electrons. The Morgan fingerprint density at radius 3 is 2.00 bits per heavy atom. The third-order valence-electron chi connectivity index (χ3n) is 4.23. The standard InChI is InChI=1S/C19H16Cl2F2N2O3S/c1-28-9-16-19(29(2,26)27)25-18(24-16)17(10-3-5-14(22)12(20)7-10)11-4-6-15(23)13(21)8-11/h3-8,17H,9H2,1-2H3,(H,24,25). The van der Waals surface area contributed by atoms with E-state index in [4.69, 9.17) is 27.9 Å². The van der Waals surface area contributed by atoms with Gasteiger partial charge in [-0.25, -0.2) is 22.2 Å². The Balaban J connectivity index is 2.25. The Hall–Kier alpha value is -2.00. The second-order valence-corrected chi connectivity index (χ2v) is 9.14. The van der Waals surface area contributed by atoms with Crippen LogP contribution >= 0.6 is 23.2 Å². The average Bonchev–Trinajstić information content (AvgIpc) is 3.05. The van der Waals surface area contributed by atoms with Crippen molar-refractivity contribution in [1.82, 2.24) is 9.97 Å². The number of aromatic amines is 1. The van der Waals surface area contributed by atoms with Crippen LogP contribution in [0.1, 0.15) is 28.6 Å². The fourth-order valence-corrected chi connectivity index (χ4v) is 4.19. The highest BCUT2D eigenvalue weighted by molar-refractivity contribution is 7.90. The van der Waals surface area contributed by atoms with Gasteiger partial charge in [-0.15, -0.1) is 0 Å². The van der Waals surface area contributed by atoms with Gasteiger partial charge in [-0.3, -0.25) is 0 Å². The van der Waals surface area contributed by atoms with Crippen molar-refractivity contribution in [3.05, 3.63) is 80.7 Å².